The van der Waals surface area contributed by atoms with Crippen LogP contribution in [-0.4, -0.2) is 18.2 Å². The predicted octanol–water partition coefficient (Wildman–Crippen LogP) is 4.49. The van der Waals surface area contributed by atoms with Crippen molar-refractivity contribution in [3.63, 3.8) is 0 Å². The molecule has 0 spiro atoms. The summed E-state index contributed by atoms with van der Waals surface area (Å²) in [6.45, 7) is 2.81. The molecule has 0 aromatic heterocycles. The summed E-state index contributed by atoms with van der Waals surface area (Å²) in [5.74, 6) is 1.27. The maximum atomic E-state index is 12.2. The van der Waals surface area contributed by atoms with Crippen molar-refractivity contribution in [3.05, 3.63) is 53.1 Å². The molecule has 0 radical (unpaired) electrons. The molecule has 0 unspecified atom stereocenters. The van der Waals surface area contributed by atoms with Crippen molar-refractivity contribution in [1.82, 2.24) is 0 Å². The van der Waals surface area contributed by atoms with Gasteiger partial charge >= 0.3 is 5.78 Å². The van der Waals surface area contributed by atoms with E-state index in [0.29, 0.717) is 25.2 Å². The first-order chi connectivity index (χ1) is 10.8. The quantitative estimate of drug-likeness (QED) is 0.749. The van der Waals surface area contributed by atoms with Gasteiger partial charge in [-0.25, -0.2) is 0 Å². The Morgan fingerprint density at radius 3 is 2.77 bits per heavy atom. The van der Waals surface area contributed by atoms with Crippen molar-refractivity contribution in [2.75, 3.05) is 6.61 Å². The Bertz CT molecular complexity index is 840. The molecular weight excluding hydrogens is 272 g/mol. The Morgan fingerprint density at radius 2 is 1.91 bits per heavy atom. The number of benzene rings is 2. The average Bonchev–Trinajstić information content (AvgIpc) is 2.93. The van der Waals surface area contributed by atoms with Crippen molar-refractivity contribution in [2.24, 2.45) is 0 Å². The van der Waals surface area contributed by atoms with Crippen molar-refractivity contribution in [3.8, 4) is 0 Å². The van der Waals surface area contributed by atoms with Crippen molar-refractivity contribution in [1.29, 1.82) is 0 Å². The maximum absolute atomic E-state index is 12.2. The lowest BCUT2D eigenvalue weighted by atomic mass is 9.83. The fourth-order valence-corrected chi connectivity index (χ4v) is 3.63. The Morgan fingerprint density at radius 1 is 1.05 bits per heavy atom. The first-order valence-corrected chi connectivity index (χ1v) is 8.06. The molecule has 0 N–H and O–H groups in total. The number of ketones is 2. The monoisotopic (exact) mass is 291 g/mol. The first kappa shape index (κ1) is 13.4. The molecule has 0 heterocycles. The molecule has 4 rings (SSSR count). The maximum Gasteiger partial charge on any atom is 0.332 e. The lowest BCUT2D eigenvalue weighted by Gasteiger charge is -2.17. The van der Waals surface area contributed by atoms with Gasteiger partial charge < -0.3 is 0 Å². The number of carbonyl (C=O) groups is 1. The summed E-state index contributed by atoms with van der Waals surface area (Å²) in [5.41, 5.74) is 4.64. The van der Waals surface area contributed by atoms with E-state index < -0.39 is 0 Å². The minimum absolute atomic E-state index is 0.298. The molecule has 0 atom stereocenters. The summed E-state index contributed by atoms with van der Waals surface area (Å²) in [5, 5.41) is 2.46. The van der Waals surface area contributed by atoms with E-state index in [1.54, 1.807) is 0 Å². The van der Waals surface area contributed by atoms with E-state index in [4.69, 9.17) is 4.42 Å². The van der Waals surface area contributed by atoms with Crippen LogP contribution in [0, 0.1) is 0 Å². The number of fused-ring (bicyclic) bond motifs is 4. The number of Topliss-reactive ketones (excluding diaryl/α,β-unsaturated/α-hetero) is 1. The second kappa shape index (κ2) is 5.20. The van der Waals surface area contributed by atoms with Gasteiger partial charge in [-0.1, -0.05) is 43.3 Å². The number of allylic oxidation sites excluding steroid dienone is 2. The highest BCUT2D eigenvalue weighted by atomic mass is 16.4. The van der Waals surface area contributed by atoms with E-state index in [2.05, 4.69) is 43.3 Å². The molecule has 2 aromatic rings. The first-order valence-electron chi connectivity index (χ1n) is 8.06. The van der Waals surface area contributed by atoms with Gasteiger partial charge in [0.15, 0.2) is 5.78 Å². The molecule has 0 amide bonds. The van der Waals surface area contributed by atoms with Crippen LogP contribution in [0.4, 0.5) is 0 Å². The highest BCUT2D eigenvalue weighted by Gasteiger charge is 2.37. The SMILES string of the molecule is CCC[O+]=C1CC2=C(CCC2=O)c2ccc3ccccc3c21. The predicted molar refractivity (Wildman–Crippen MR) is 89.2 cm³/mol. The minimum Gasteiger partial charge on any atom is -0.295 e. The summed E-state index contributed by atoms with van der Waals surface area (Å²) >= 11 is 0. The normalized spacial score (nSPS) is 19.0. The standard InChI is InChI=1S/C20H19O2/c1-2-11-22-19-12-17-15(9-10-18(17)21)16-8-7-13-5-3-4-6-14(13)20(16)19/h3-8H,2,9-12H2,1H3/q+1. The van der Waals surface area contributed by atoms with Crippen LogP contribution in [-0.2, 0) is 4.79 Å². The molecule has 0 fully saturated rings. The van der Waals surface area contributed by atoms with E-state index >= 15 is 0 Å². The smallest absolute Gasteiger partial charge is 0.295 e. The molecule has 2 heteroatoms. The third kappa shape index (κ3) is 1.94. The van der Waals surface area contributed by atoms with Crippen LogP contribution in [0.15, 0.2) is 42.0 Å². The largest absolute Gasteiger partial charge is 0.332 e. The second-order valence-electron chi connectivity index (χ2n) is 6.04. The zero-order valence-electron chi connectivity index (χ0n) is 12.8. The van der Waals surface area contributed by atoms with Crippen LogP contribution in [0.3, 0.4) is 0 Å². The Labute approximate surface area is 130 Å². The van der Waals surface area contributed by atoms with Gasteiger partial charge in [0.25, 0.3) is 6.61 Å². The van der Waals surface area contributed by atoms with Gasteiger partial charge in [-0.3, -0.25) is 9.22 Å². The molecule has 110 valence electrons. The van der Waals surface area contributed by atoms with Crippen LogP contribution in [0.5, 0.6) is 0 Å². The highest BCUT2D eigenvalue weighted by molar-refractivity contribution is 6.22. The van der Waals surface area contributed by atoms with E-state index in [1.165, 1.54) is 27.5 Å². The number of hydrogen-bond acceptors (Lipinski definition) is 1. The second-order valence-corrected chi connectivity index (χ2v) is 6.04. The van der Waals surface area contributed by atoms with Gasteiger partial charge in [0.05, 0.1) is 12.0 Å². The number of carbonyl (C=O) groups excluding carboxylic acids is 2. The van der Waals surface area contributed by atoms with Crippen LogP contribution < -0.4 is 0 Å². The van der Waals surface area contributed by atoms with E-state index in [-0.39, 0.29) is 0 Å². The fourth-order valence-electron chi connectivity index (χ4n) is 3.63. The fraction of sp³-hybridized carbons (Fsp3) is 0.300. The molecule has 2 aromatic carbocycles. The zero-order chi connectivity index (χ0) is 15.1. The lowest BCUT2D eigenvalue weighted by molar-refractivity contribution is -0.271. The Hall–Kier alpha value is -2.22. The summed E-state index contributed by atoms with van der Waals surface area (Å²) in [7, 11) is 0. The summed E-state index contributed by atoms with van der Waals surface area (Å²) in [6.07, 6.45) is 3.16. The zero-order valence-corrected chi connectivity index (χ0v) is 12.8. The van der Waals surface area contributed by atoms with Crippen LogP contribution in [0.2, 0.25) is 0 Å². The molecule has 0 saturated heterocycles. The van der Waals surface area contributed by atoms with E-state index in [9.17, 15) is 4.79 Å². The van der Waals surface area contributed by atoms with E-state index in [1.807, 2.05) is 0 Å². The number of rotatable bonds is 2. The summed E-state index contributed by atoms with van der Waals surface area (Å²) in [6, 6.07) is 12.8. The van der Waals surface area contributed by atoms with Gasteiger partial charge in [-0.05, 0) is 28.3 Å². The molecular formula is C20H19O2+. The summed E-state index contributed by atoms with van der Waals surface area (Å²) in [4.78, 5) is 12.2. The molecule has 2 nitrogen and oxygen atoms in total. The van der Waals surface area contributed by atoms with Gasteiger partial charge in [0.2, 0.25) is 0 Å². The Balaban J connectivity index is 2.02. The number of hydrogen-bond donors (Lipinski definition) is 0. The van der Waals surface area contributed by atoms with Gasteiger partial charge in [-0.2, -0.15) is 0 Å². The third-order valence-corrected chi connectivity index (χ3v) is 4.65. The van der Waals surface area contributed by atoms with E-state index in [0.717, 1.165) is 24.2 Å². The van der Waals surface area contributed by atoms with Crippen LogP contribution >= 0.6 is 0 Å². The van der Waals surface area contributed by atoms with Crippen LogP contribution in [0.1, 0.15) is 48.2 Å². The van der Waals surface area contributed by atoms with Gasteiger partial charge in [-0.15, -0.1) is 0 Å². The summed E-state index contributed by atoms with van der Waals surface area (Å²) < 4.78 is 6.05. The van der Waals surface area contributed by atoms with Gasteiger partial charge in [0.1, 0.15) is 0 Å². The molecule has 0 saturated carbocycles. The molecule has 22 heavy (non-hydrogen) atoms. The van der Waals surface area contributed by atoms with Crippen molar-refractivity contribution >= 4 is 27.9 Å². The molecule has 2 aliphatic rings. The minimum atomic E-state index is 0.298. The Kier molecular flexibility index (Phi) is 3.18. The molecule has 0 bridgehead atoms. The van der Waals surface area contributed by atoms with Crippen molar-refractivity contribution in [2.45, 2.75) is 32.6 Å². The highest BCUT2D eigenvalue weighted by Crippen LogP contribution is 2.42. The van der Waals surface area contributed by atoms with Crippen molar-refractivity contribution < 1.29 is 9.22 Å². The average molecular weight is 291 g/mol. The molecule has 0 aliphatic heterocycles. The van der Waals surface area contributed by atoms with Crippen LogP contribution in [0.25, 0.3) is 16.3 Å². The lowest BCUT2D eigenvalue weighted by Crippen LogP contribution is -2.15. The topological polar surface area (TPSA) is 28.4 Å². The third-order valence-electron chi connectivity index (χ3n) is 4.65. The molecule has 2 aliphatic carbocycles. The van der Waals surface area contributed by atoms with Gasteiger partial charge in [0, 0.05) is 18.4 Å².